The molecule has 0 aliphatic rings. The Morgan fingerprint density at radius 2 is 1.06 bits per heavy atom. The van der Waals surface area contributed by atoms with E-state index < -0.39 is 0 Å². The summed E-state index contributed by atoms with van der Waals surface area (Å²) in [6.45, 7) is 13.4. The first-order valence-corrected chi connectivity index (χ1v) is 18.9. The predicted octanol–water partition coefficient (Wildman–Crippen LogP) is 11.4. The van der Waals surface area contributed by atoms with Crippen LogP contribution in [0.2, 0.25) is 0 Å². The highest BCUT2D eigenvalue weighted by Gasteiger charge is 2.29. The molecule has 0 aliphatic carbocycles. The van der Waals surface area contributed by atoms with Gasteiger partial charge in [-0.15, -0.1) is 22.7 Å². The fraction of sp³-hybridized carbons (Fsp3) is 0.209. The molecule has 0 fully saturated rings. The highest BCUT2D eigenvalue weighted by molar-refractivity contribution is 7.17. The number of aromatic amines is 4. The van der Waals surface area contributed by atoms with E-state index in [0.717, 1.165) is 62.1 Å². The quantitative estimate of drug-likeness (QED) is 0.118. The number of hydrogen-bond acceptors (Lipinski definition) is 4. The number of hydrogen-bond donors (Lipinski definition) is 4. The zero-order chi connectivity index (χ0) is 36.0. The predicted molar refractivity (Wildman–Crippen MR) is 212 cm³/mol. The Balaban J connectivity index is 0.000000159. The number of benzene rings is 2. The molecule has 2 unspecified atom stereocenters. The van der Waals surface area contributed by atoms with E-state index in [0.29, 0.717) is 0 Å². The number of thiophene rings is 2. The van der Waals surface area contributed by atoms with Gasteiger partial charge in [-0.2, -0.15) is 0 Å². The normalized spacial score (nSPS) is 12.6. The lowest BCUT2D eigenvalue weighted by Gasteiger charge is -2.16. The molecule has 6 aromatic heterocycles. The smallest absolute Gasteiger partial charge is 0.161 e. The van der Waals surface area contributed by atoms with Crippen LogP contribution in [-0.4, -0.2) is 31.5 Å². The minimum atomic E-state index is 0.0478. The molecular formula is C43H42N4O2S2. The summed E-state index contributed by atoms with van der Waals surface area (Å²) in [7, 11) is 0. The fourth-order valence-electron chi connectivity index (χ4n) is 7.80. The number of Topliss-reactive ketones (excluding diaryl/α,β-unsaturated/α-hetero) is 2. The Hall–Kier alpha value is -5.18. The molecule has 0 amide bonds. The van der Waals surface area contributed by atoms with E-state index in [1.807, 2.05) is 40.0 Å². The van der Waals surface area contributed by atoms with Crippen molar-refractivity contribution in [1.29, 1.82) is 0 Å². The second kappa shape index (κ2) is 13.9. The van der Waals surface area contributed by atoms with Crippen LogP contribution in [0.1, 0.15) is 109 Å². The van der Waals surface area contributed by atoms with Gasteiger partial charge in [-0.05, 0) is 129 Å². The lowest BCUT2D eigenvalue weighted by molar-refractivity contribution is 0.100. The van der Waals surface area contributed by atoms with E-state index in [4.69, 9.17) is 0 Å². The van der Waals surface area contributed by atoms with Crippen molar-refractivity contribution < 1.29 is 9.59 Å². The van der Waals surface area contributed by atoms with Gasteiger partial charge in [0.15, 0.2) is 11.6 Å². The second-order valence-corrected chi connectivity index (χ2v) is 15.2. The Morgan fingerprint density at radius 3 is 1.47 bits per heavy atom. The third-order valence-corrected chi connectivity index (χ3v) is 11.9. The molecule has 0 bridgehead atoms. The number of carbonyl (C=O) groups excluding carboxylic acids is 2. The summed E-state index contributed by atoms with van der Waals surface area (Å²) >= 11 is 3.53. The van der Waals surface area contributed by atoms with Crippen LogP contribution in [0.15, 0.2) is 89.8 Å². The van der Waals surface area contributed by atoms with Gasteiger partial charge in [-0.3, -0.25) is 9.59 Å². The van der Waals surface area contributed by atoms with E-state index >= 15 is 0 Å². The number of nitrogens with one attached hydrogen (secondary N) is 4. The molecule has 51 heavy (non-hydrogen) atoms. The third-order valence-electron chi connectivity index (χ3n) is 9.98. The maximum Gasteiger partial charge on any atom is 0.161 e. The molecule has 8 rings (SSSR count). The highest BCUT2D eigenvalue weighted by Crippen LogP contribution is 2.42. The zero-order valence-electron chi connectivity index (χ0n) is 29.9. The molecule has 2 aromatic carbocycles. The number of fused-ring (bicyclic) bond motifs is 2. The van der Waals surface area contributed by atoms with Crippen LogP contribution in [0.5, 0.6) is 0 Å². The maximum atomic E-state index is 12.1. The summed E-state index contributed by atoms with van der Waals surface area (Å²) in [6.07, 6.45) is 1.95. The summed E-state index contributed by atoms with van der Waals surface area (Å²) in [5, 5.41) is 7.02. The average Bonchev–Trinajstić information content (AvgIpc) is 3.96. The largest absolute Gasteiger partial charge is 0.364 e. The molecule has 0 aliphatic heterocycles. The first-order chi connectivity index (χ1) is 24.5. The summed E-state index contributed by atoms with van der Waals surface area (Å²) in [5.74, 6) is 0.321. The van der Waals surface area contributed by atoms with Crippen molar-refractivity contribution in [2.75, 3.05) is 0 Å². The number of aryl methyl sites for hydroxylation is 3. The minimum Gasteiger partial charge on any atom is -0.364 e. The highest BCUT2D eigenvalue weighted by atomic mass is 32.1. The fourth-order valence-corrected chi connectivity index (χ4v) is 9.77. The molecule has 6 nitrogen and oxygen atoms in total. The molecular weight excluding hydrogens is 669 g/mol. The average molecular weight is 711 g/mol. The van der Waals surface area contributed by atoms with E-state index in [2.05, 4.69) is 104 Å². The first kappa shape index (κ1) is 34.3. The molecule has 0 saturated heterocycles. The van der Waals surface area contributed by atoms with Crippen molar-refractivity contribution in [1.82, 2.24) is 19.9 Å². The number of aromatic nitrogens is 4. The Morgan fingerprint density at radius 1 is 0.569 bits per heavy atom. The lowest BCUT2D eigenvalue weighted by Crippen LogP contribution is -2.06. The summed E-state index contributed by atoms with van der Waals surface area (Å²) in [4.78, 5) is 38.1. The van der Waals surface area contributed by atoms with Gasteiger partial charge in [-0.25, -0.2) is 0 Å². The number of rotatable bonds is 8. The lowest BCUT2D eigenvalue weighted by atomic mass is 9.89. The van der Waals surface area contributed by atoms with Crippen LogP contribution in [0.25, 0.3) is 20.2 Å². The monoisotopic (exact) mass is 710 g/mol. The standard InChI is InChI=1S/C22H22N2OS.C21H20N2OS/c1-12-9-10-18(23-12)21(17-11-26-19-8-6-5-7-16(17)19)22-13(2)20(15(4)25)14(3)24-22;1-12-19(14(3)24)13(2)23-21(12)20(17-8-6-10-22-17)16-11-25-18-9-5-4-7-15(16)18/h5-11,21,23-24H,1-4H3;4-11,20,22-23H,1-3H3. The molecule has 4 N–H and O–H groups in total. The van der Waals surface area contributed by atoms with E-state index in [1.54, 1.807) is 36.5 Å². The van der Waals surface area contributed by atoms with Gasteiger partial charge in [-0.1, -0.05) is 36.4 Å². The topological polar surface area (TPSA) is 97.3 Å². The molecule has 8 heteroatoms. The van der Waals surface area contributed by atoms with Crippen molar-refractivity contribution in [2.45, 2.75) is 60.3 Å². The number of H-pyrrole nitrogens is 4. The van der Waals surface area contributed by atoms with Gasteiger partial charge in [0.2, 0.25) is 0 Å². The van der Waals surface area contributed by atoms with E-state index in [1.165, 1.54) is 31.3 Å². The maximum absolute atomic E-state index is 12.1. The van der Waals surface area contributed by atoms with Crippen LogP contribution in [0, 0.1) is 34.6 Å². The molecule has 0 spiro atoms. The molecule has 6 heterocycles. The van der Waals surface area contributed by atoms with Crippen molar-refractivity contribution in [2.24, 2.45) is 0 Å². The van der Waals surface area contributed by atoms with Gasteiger partial charge >= 0.3 is 0 Å². The molecule has 0 saturated carbocycles. The van der Waals surface area contributed by atoms with Crippen molar-refractivity contribution >= 4 is 54.4 Å². The van der Waals surface area contributed by atoms with Gasteiger partial charge in [0, 0.05) is 66.6 Å². The minimum absolute atomic E-state index is 0.0478. The molecule has 0 radical (unpaired) electrons. The summed E-state index contributed by atoms with van der Waals surface area (Å²) in [6, 6.07) is 25.4. The van der Waals surface area contributed by atoms with Gasteiger partial charge in [0.1, 0.15) is 0 Å². The SMILES string of the molecule is CC(=O)c1c(C)[nH]c(C(c2ccc(C)[nH]2)c2csc3ccccc23)c1C.CC(=O)c1c(C)[nH]c(C(c2ccc[nH]2)c2csc3ccccc23)c1C. The van der Waals surface area contributed by atoms with E-state index in [9.17, 15) is 9.59 Å². The Labute approximate surface area is 306 Å². The summed E-state index contributed by atoms with van der Waals surface area (Å²) < 4.78 is 2.56. The van der Waals surface area contributed by atoms with E-state index in [-0.39, 0.29) is 23.4 Å². The number of carbonyl (C=O) groups is 2. The first-order valence-electron chi connectivity index (χ1n) is 17.2. The van der Waals surface area contributed by atoms with Crippen molar-refractivity contribution in [3.05, 3.63) is 163 Å². The molecule has 2 atom stereocenters. The molecule has 8 aromatic rings. The van der Waals surface area contributed by atoms with Crippen LogP contribution >= 0.6 is 22.7 Å². The van der Waals surface area contributed by atoms with Crippen LogP contribution < -0.4 is 0 Å². The van der Waals surface area contributed by atoms with Gasteiger partial charge in [0.25, 0.3) is 0 Å². The second-order valence-electron chi connectivity index (χ2n) is 13.4. The zero-order valence-corrected chi connectivity index (χ0v) is 31.6. The molecule has 258 valence electrons. The van der Waals surface area contributed by atoms with Crippen LogP contribution in [0.3, 0.4) is 0 Å². The van der Waals surface area contributed by atoms with Crippen LogP contribution in [0.4, 0.5) is 0 Å². The Kier molecular flexibility index (Phi) is 9.31. The number of ketones is 2. The van der Waals surface area contributed by atoms with Crippen LogP contribution in [-0.2, 0) is 0 Å². The van der Waals surface area contributed by atoms with Crippen molar-refractivity contribution in [3.63, 3.8) is 0 Å². The third kappa shape index (κ3) is 6.23. The van der Waals surface area contributed by atoms with Gasteiger partial charge in [0.05, 0.1) is 11.8 Å². The van der Waals surface area contributed by atoms with Crippen molar-refractivity contribution in [3.8, 4) is 0 Å². The summed E-state index contributed by atoms with van der Waals surface area (Å²) in [5.41, 5.74) is 13.7. The Bertz CT molecular complexity index is 2520. The van der Waals surface area contributed by atoms with Gasteiger partial charge < -0.3 is 19.9 Å².